The minimum atomic E-state index is -0.0838. The van der Waals surface area contributed by atoms with E-state index < -0.39 is 0 Å². The van der Waals surface area contributed by atoms with Crippen molar-refractivity contribution in [2.75, 3.05) is 6.61 Å². The van der Waals surface area contributed by atoms with E-state index in [2.05, 4.69) is 69.2 Å². The third kappa shape index (κ3) is 2.92. The van der Waals surface area contributed by atoms with Gasteiger partial charge in [-0.1, -0.05) is 62.3 Å². The van der Waals surface area contributed by atoms with Gasteiger partial charge in [0.05, 0.1) is 5.60 Å². The maximum Gasteiger partial charge on any atom is 0.0715 e. The molecule has 0 rings (SSSR count). The smallest absolute Gasteiger partial charge is 0.0715 e. The van der Waals surface area contributed by atoms with Crippen LogP contribution in [-0.4, -0.2) is 12.2 Å². The Bertz CT molecular complexity index is 240. The molecule has 0 amide bonds. The molecule has 0 saturated heterocycles. The molecule has 0 N–H and O–H groups in total. The molecule has 18 heavy (non-hydrogen) atoms. The zero-order valence-corrected chi connectivity index (χ0v) is 14.5. The molecule has 0 aromatic heterocycles. The zero-order chi connectivity index (χ0) is 14.8. The average Bonchev–Trinajstić information content (AvgIpc) is 2.21. The van der Waals surface area contributed by atoms with Crippen LogP contribution in [0.4, 0.5) is 0 Å². The third-order valence-corrected chi connectivity index (χ3v) is 5.36. The predicted molar refractivity (Wildman–Crippen MR) is 82.0 cm³/mol. The lowest BCUT2D eigenvalue weighted by atomic mass is 9.48. The van der Waals surface area contributed by atoms with Crippen molar-refractivity contribution in [2.45, 2.75) is 87.7 Å². The normalized spacial score (nSPS) is 17.7. The Morgan fingerprint density at radius 1 is 0.722 bits per heavy atom. The van der Waals surface area contributed by atoms with E-state index in [1.165, 1.54) is 0 Å². The average molecular weight is 256 g/mol. The zero-order valence-electron chi connectivity index (χ0n) is 14.5. The molecule has 0 saturated carbocycles. The van der Waals surface area contributed by atoms with Gasteiger partial charge in [-0.2, -0.15) is 0 Å². The summed E-state index contributed by atoms with van der Waals surface area (Å²) in [5.74, 6) is 0. The first-order chi connectivity index (χ1) is 7.87. The molecule has 0 spiro atoms. The Morgan fingerprint density at radius 2 is 1.11 bits per heavy atom. The van der Waals surface area contributed by atoms with Gasteiger partial charge in [0.2, 0.25) is 0 Å². The van der Waals surface area contributed by atoms with Crippen LogP contribution in [0, 0.1) is 16.2 Å². The Hall–Kier alpha value is -0.0400. The molecule has 110 valence electrons. The van der Waals surface area contributed by atoms with E-state index in [-0.39, 0.29) is 21.8 Å². The topological polar surface area (TPSA) is 9.23 Å². The monoisotopic (exact) mass is 256 g/mol. The summed E-state index contributed by atoms with van der Waals surface area (Å²) in [6.07, 6.45) is 2.14. The molecule has 0 fully saturated rings. The minimum Gasteiger partial charge on any atom is -0.375 e. The summed E-state index contributed by atoms with van der Waals surface area (Å²) in [5.41, 5.74) is 0.421. The van der Waals surface area contributed by atoms with Crippen molar-refractivity contribution in [1.82, 2.24) is 0 Å². The van der Waals surface area contributed by atoms with Crippen LogP contribution in [0.2, 0.25) is 0 Å². The maximum absolute atomic E-state index is 6.35. The van der Waals surface area contributed by atoms with Crippen molar-refractivity contribution in [1.29, 1.82) is 0 Å². The van der Waals surface area contributed by atoms with Crippen molar-refractivity contribution >= 4 is 0 Å². The highest BCUT2D eigenvalue weighted by Crippen LogP contribution is 2.59. The molecule has 0 aliphatic carbocycles. The Morgan fingerprint density at radius 3 is 1.33 bits per heavy atom. The molecule has 0 aliphatic heterocycles. The van der Waals surface area contributed by atoms with Crippen LogP contribution in [0.5, 0.6) is 0 Å². The lowest BCUT2D eigenvalue weighted by Gasteiger charge is -2.60. The Labute approximate surface area is 116 Å². The number of ether oxygens (including phenoxy) is 1. The highest BCUT2D eigenvalue weighted by Gasteiger charge is 2.57. The molecule has 0 aromatic carbocycles. The lowest BCUT2D eigenvalue weighted by molar-refractivity contribution is -0.207. The largest absolute Gasteiger partial charge is 0.375 e. The van der Waals surface area contributed by atoms with E-state index in [0.717, 1.165) is 19.4 Å². The molecule has 1 unspecified atom stereocenters. The molecule has 0 bridgehead atoms. The van der Waals surface area contributed by atoms with E-state index in [1.807, 2.05) is 0 Å². The van der Waals surface area contributed by atoms with Gasteiger partial charge >= 0.3 is 0 Å². The molecular weight excluding hydrogens is 220 g/mol. The third-order valence-electron chi connectivity index (χ3n) is 5.36. The Balaban J connectivity index is 5.70. The maximum atomic E-state index is 6.35. The van der Waals surface area contributed by atoms with Gasteiger partial charge in [0.1, 0.15) is 0 Å². The highest BCUT2D eigenvalue weighted by molar-refractivity contribution is 5.06. The van der Waals surface area contributed by atoms with Crippen LogP contribution in [0.25, 0.3) is 0 Å². The van der Waals surface area contributed by atoms with Crippen LogP contribution < -0.4 is 0 Å². The van der Waals surface area contributed by atoms with Gasteiger partial charge in [-0.3, -0.25) is 0 Å². The van der Waals surface area contributed by atoms with E-state index in [1.54, 1.807) is 0 Å². The van der Waals surface area contributed by atoms with E-state index in [4.69, 9.17) is 4.74 Å². The van der Waals surface area contributed by atoms with Crippen molar-refractivity contribution in [3.8, 4) is 0 Å². The molecule has 1 atom stereocenters. The van der Waals surface area contributed by atoms with E-state index in [9.17, 15) is 0 Å². The van der Waals surface area contributed by atoms with Crippen LogP contribution in [-0.2, 0) is 4.74 Å². The lowest BCUT2D eigenvalue weighted by Crippen LogP contribution is -2.59. The Kier molecular flexibility index (Phi) is 5.51. The van der Waals surface area contributed by atoms with E-state index >= 15 is 0 Å². The van der Waals surface area contributed by atoms with E-state index in [0.29, 0.717) is 0 Å². The summed E-state index contributed by atoms with van der Waals surface area (Å²) in [6.45, 7) is 24.1. The second kappa shape index (κ2) is 5.53. The minimum absolute atomic E-state index is 0.0838. The first-order valence-corrected chi connectivity index (χ1v) is 7.51. The van der Waals surface area contributed by atoms with Crippen molar-refractivity contribution in [3.63, 3.8) is 0 Å². The van der Waals surface area contributed by atoms with Crippen molar-refractivity contribution in [2.24, 2.45) is 16.2 Å². The predicted octanol–water partition coefficient (Wildman–Crippen LogP) is 5.68. The SMILES string of the molecule is CCCOC(C)(CC)C(C)(C(C)(C)C)C(C)(C)C. The van der Waals surface area contributed by atoms with Gasteiger partial charge in [0, 0.05) is 12.0 Å². The molecule has 0 aliphatic rings. The van der Waals surface area contributed by atoms with Gasteiger partial charge in [0.25, 0.3) is 0 Å². The van der Waals surface area contributed by atoms with Crippen LogP contribution in [0.15, 0.2) is 0 Å². The molecule has 1 heteroatoms. The van der Waals surface area contributed by atoms with Gasteiger partial charge in [0.15, 0.2) is 0 Å². The summed E-state index contributed by atoms with van der Waals surface area (Å²) in [4.78, 5) is 0. The summed E-state index contributed by atoms with van der Waals surface area (Å²) < 4.78 is 6.35. The van der Waals surface area contributed by atoms with Crippen LogP contribution >= 0.6 is 0 Å². The summed E-state index contributed by atoms with van der Waals surface area (Å²) in [7, 11) is 0. The first kappa shape index (κ1) is 18.0. The molecule has 0 aromatic rings. The van der Waals surface area contributed by atoms with Gasteiger partial charge < -0.3 is 4.74 Å². The van der Waals surface area contributed by atoms with Gasteiger partial charge in [-0.25, -0.2) is 0 Å². The van der Waals surface area contributed by atoms with Crippen LogP contribution in [0.1, 0.15) is 82.1 Å². The second-order valence-corrected chi connectivity index (χ2v) is 8.06. The van der Waals surface area contributed by atoms with Crippen LogP contribution in [0.3, 0.4) is 0 Å². The van der Waals surface area contributed by atoms with Gasteiger partial charge in [-0.15, -0.1) is 0 Å². The van der Waals surface area contributed by atoms with Gasteiger partial charge in [-0.05, 0) is 30.6 Å². The second-order valence-electron chi connectivity index (χ2n) is 8.06. The first-order valence-electron chi connectivity index (χ1n) is 7.51. The summed E-state index contributed by atoms with van der Waals surface area (Å²) in [5, 5.41) is 0. The summed E-state index contributed by atoms with van der Waals surface area (Å²) >= 11 is 0. The standard InChI is InChI=1S/C17H36O/c1-11-13-18-16(9,12-2)17(10,14(3,4)5)15(6,7)8/h11-13H2,1-10H3. The fourth-order valence-corrected chi connectivity index (χ4v) is 3.64. The highest BCUT2D eigenvalue weighted by atomic mass is 16.5. The number of hydrogen-bond acceptors (Lipinski definition) is 1. The molecule has 0 radical (unpaired) electrons. The fraction of sp³-hybridized carbons (Fsp3) is 1.00. The summed E-state index contributed by atoms with van der Waals surface area (Å²) in [6, 6.07) is 0. The quantitative estimate of drug-likeness (QED) is 0.615. The molecular formula is C17H36O. The van der Waals surface area contributed by atoms with Crippen molar-refractivity contribution in [3.05, 3.63) is 0 Å². The molecule has 0 heterocycles. The number of hydrogen-bond donors (Lipinski definition) is 0. The molecule has 1 nitrogen and oxygen atoms in total. The number of rotatable bonds is 5. The van der Waals surface area contributed by atoms with Crippen molar-refractivity contribution < 1.29 is 4.74 Å². The fourth-order valence-electron chi connectivity index (χ4n) is 3.64.